The zero-order valence-corrected chi connectivity index (χ0v) is 18.2. The van der Waals surface area contributed by atoms with Crippen LogP contribution in [0.25, 0.3) is 0 Å². The van der Waals surface area contributed by atoms with Gasteiger partial charge in [-0.15, -0.1) is 0 Å². The second-order valence-corrected chi connectivity index (χ2v) is 9.64. The van der Waals surface area contributed by atoms with E-state index in [-0.39, 0.29) is 12.1 Å². The van der Waals surface area contributed by atoms with E-state index in [1.54, 1.807) is 0 Å². The molecule has 3 rings (SSSR count). The minimum atomic E-state index is -0.620. The van der Waals surface area contributed by atoms with Gasteiger partial charge in [-0.2, -0.15) is 0 Å². The molecular weight excluding hydrogens is 377 g/mol. The summed E-state index contributed by atoms with van der Waals surface area (Å²) < 4.78 is 5.91. The standard InChI is InChI=1S/C25H30NO2P/c1-19(2)28-22-13-10-16-24(17-22)29(23-14-8-5-9-15-23)18-26-20(3)25(27)21-11-6-4-7-12-21/h4-17,19-20,25-27H,18H2,1-3H3/t20-,25-,29?/m0/s1. The third kappa shape index (κ3) is 6.14. The molecule has 0 amide bonds. The van der Waals surface area contributed by atoms with Gasteiger partial charge in [0.25, 0.3) is 0 Å². The number of hydrogen-bond acceptors (Lipinski definition) is 3. The fourth-order valence-electron chi connectivity index (χ4n) is 3.22. The molecule has 3 aromatic carbocycles. The van der Waals surface area contributed by atoms with Gasteiger partial charge >= 0.3 is 0 Å². The number of hydrogen-bond donors (Lipinski definition) is 2. The molecule has 0 bridgehead atoms. The van der Waals surface area contributed by atoms with Crippen molar-refractivity contribution >= 4 is 18.5 Å². The molecule has 0 saturated heterocycles. The Morgan fingerprint density at radius 2 is 1.45 bits per heavy atom. The van der Waals surface area contributed by atoms with Crippen molar-refractivity contribution in [3.05, 3.63) is 90.5 Å². The van der Waals surface area contributed by atoms with Gasteiger partial charge in [0, 0.05) is 12.3 Å². The number of rotatable bonds is 9. The first-order valence-corrected chi connectivity index (χ1v) is 11.6. The van der Waals surface area contributed by atoms with Crippen molar-refractivity contribution in [2.45, 2.75) is 39.0 Å². The van der Waals surface area contributed by atoms with Gasteiger partial charge in [-0.05, 0) is 57.0 Å². The minimum absolute atomic E-state index is 0.0544. The van der Waals surface area contributed by atoms with Crippen LogP contribution >= 0.6 is 7.92 Å². The van der Waals surface area contributed by atoms with Gasteiger partial charge in [-0.3, -0.25) is 0 Å². The van der Waals surface area contributed by atoms with Crippen LogP contribution < -0.4 is 20.7 Å². The minimum Gasteiger partial charge on any atom is -0.491 e. The highest BCUT2D eigenvalue weighted by Crippen LogP contribution is 2.34. The Morgan fingerprint density at radius 3 is 2.10 bits per heavy atom. The van der Waals surface area contributed by atoms with Gasteiger partial charge in [-0.1, -0.05) is 72.8 Å². The quantitative estimate of drug-likeness (QED) is 0.511. The maximum Gasteiger partial charge on any atom is 0.120 e. The maximum atomic E-state index is 10.7. The van der Waals surface area contributed by atoms with Crippen molar-refractivity contribution < 1.29 is 9.84 Å². The van der Waals surface area contributed by atoms with E-state index in [0.29, 0.717) is 0 Å². The third-order valence-electron chi connectivity index (χ3n) is 4.76. The molecule has 3 nitrogen and oxygen atoms in total. The first-order chi connectivity index (χ1) is 14.0. The molecule has 0 saturated carbocycles. The third-order valence-corrected chi connectivity index (χ3v) is 7.08. The molecular formula is C25H30NO2P. The summed E-state index contributed by atoms with van der Waals surface area (Å²) in [5.41, 5.74) is 0.934. The van der Waals surface area contributed by atoms with Crippen LogP contribution in [0, 0.1) is 0 Å². The van der Waals surface area contributed by atoms with E-state index in [9.17, 15) is 5.11 Å². The van der Waals surface area contributed by atoms with Crippen LogP contribution in [-0.4, -0.2) is 23.5 Å². The predicted octanol–water partition coefficient (Wildman–Crippen LogP) is 4.58. The van der Waals surface area contributed by atoms with E-state index in [2.05, 4.69) is 47.8 Å². The molecule has 3 aromatic rings. The number of aliphatic hydroxyl groups excluding tert-OH is 1. The summed E-state index contributed by atoms with van der Waals surface area (Å²) in [5, 5.41) is 16.9. The molecule has 0 aromatic heterocycles. The van der Waals surface area contributed by atoms with Crippen molar-refractivity contribution in [2.75, 3.05) is 6.29 Å². The zero-order valence-electron chi connectivity index (χ0n) is 17.3. The van der Waals surface area contributed by atoms with Gasteiger partial charge in [0.2, 0.25) is 0 Å². The van der Waals surface area contributed by atoms with Crippen LogP contribution in [-0.2, 0) is 0 Å². The lowest BCUT2D eigenvalue weighted by Gasteiger charge is -2.25. The van der Waals surface area contributed by atoms with Gasteiger partial charge in [0.1, 0.15) is 5.75 Å². The Morgan fingerprint density at radius 1 is 0.828 bits per heavy atom. The Kier molecular flexibility index (Phi) is 7.83. The predicted molar refractivity (Wildman–Crippen MR) is 124 cm³/mol. The van der Waals surface area contributed by atoms with Crippen LogP contribution in [0.5, 0.6) is 5.75 Å². The molecule has 0 aliphatic carbocycles. The second-order valence-electron chi connectivity index (χ2n) is 7.43. The fraction of sp³-hybridized carbons (Fsp3) is 0.280. The van der Waals surface area contributed by atoms with Gasteiger partial charge in [-0.25, -0.2) is 0 Å². The Labute approximate surface area is 175 Å². The summed E-state index contributed by atoms with van der Waals surface area (Å²) in [7, 11) is -0.620. The normalized spacial score (nSPS) is 14.4. The molecule has 0 spiro atoms. The van der Waals surface area contributed by atoms with Gasteiger partial charge < -0.3 is 15.2 Å². The highest BCUT2D eigenvalue weighted by molar-refractivity contribution is 7.72. The second kappa shape index (κ2) is 10.5. The summed E-state index contributed by atoms with van der Waals surface area (Å²) >= 11 is 0. The van der Waals surface area contributed by atoms with Crippen molar-refractivity contribution in [2.24, 2.45) is 0 Å². The number of ether oxygens (including phenoxy) is 1. The average Bonchev–Trinajstić information content (AvgIpc) is 2.74. The van der Waals surface area contributed by atoms with Crippen LogP contribution in [0.3, 0.4) is 0 Å². The van der Waals surface area contributed by atoms with E-state index < -0.39 is 14.0 Å². The zero-order chi connectivity index (χ0) is 20.6. The van der Waals surface area contributed by atoms with E-state index in [0.717, 1.165) is 17.6 Å². The van der Waals surface area contributed by atoms with E-state index in [4.69, 9.17) is 4.74 Å². The smallest absolute Gasteiger partial charge is 0.120 e. The van der Waals surface area contributed by atoms with E-state index in [1.165, 1.54) is 10.6 Å². The first kappa shape index (κ1) is 21.5. The van der Waals surface area contributed by atoms with Gasteiger partial charge in [0.05, 0.1) is 12.2 Å². The summed E-state index contributed by atoms with van der Waals surface area (Å²) in [4.78, 5) is 0. The highest BCUT2D eigenvalue weighted by atomic mass is 31.1. The lowest BCUT2D eigenvalue weighted by Crippen LogP contribution is -2.34. The van der Waals surface area contributed by atoms with Crippen LogP contribution in [0.2, 0.25) is 0 Å². The van der Waals surface area contributed by atoms with Crippen molar-refractivity contribution in [1.82, 2.24) is 5.32 Å². The largest absolute Gasteiger partial charge is 0.491 e. The maximum absolute atomic E-state index is 10.7. The first-order valence-electron chi connectivity index (χ1n) is 10.1. The molecule has 29 heavy (non-hydrogen) atoms. The molecule has 152 valence electrons. The van der Waals surface area contributed by atoms with E-state index >= 15 is 0 Å². The Bertz CT molecular complexity index is 870. The van der Waals surface area contributed by atoms with Crippen molar-refractivity contribution in [1.29, 1.82) is 0 Å². The summed E-state index contributed by atoms with van der Waals surface area (Å²) in [6.45, 7) is 6.12. The Balaban J connectivity index is 1.78. The molecule has 2 N–H and O–H groups in total. The number of nitrogens with one attached hydrogen (secondary N) is 1. The monoisotopic (exact) mass is 407 g/mol. The van der Waals surface area contributed by atoms with Crippen molar-refractivity contribution in [3.63, 3.8) is 0 Å². The molecule has 4 heteroatoms. The SMILES string of the molecule is CC(C)Oc1cccc(P(CN[C@@H](C)[C@H](O)c2ccccc2)c2ccccc2)c1. The highest BCUT2D eigenvalue weighted by Gasteiger charge is 2.20. The van der Waals surface area contributed by atoms with E-state index in [1.807, 2.05) is 63.2 Å². The molecule has 0 aliphatic rings. The lowest BCUT2D eigenvalue weighted by molar-refractivity contribution is 0.139. The molecule has 0 heterocycles. The number of aliphatic hydroxyl groups is 1. The molecule has 0 radical (unpaired) electrons. The van der Waals surface area contributed by atoms with Crippen LogP contribution in [0.4, 0.5) is 0 Å². The average molecular weight is 407 g/mol. The Hall–Kier alpha value is -2.19. The topological polar surface area (TPSA) is 41.5 Å². The lowest BCUT2D eigenvalue weighted by atomic mass is 10.0. The summed E-state index contributed by atoms with van der Waals surface area (Å²) in [6.07, 6.45) is 0.391. The number of benzene rings is 3. The molecule has 0 aliphatic heterocycles. The summed E-state index contributed by atoms with van der Waals surface area (Å²) in [6, 6.07) is 28.7. The van der Waals surface area contributed by atoms with Crippen LogP contribution in [0.1, 0.15) is 32.4 Å². The fourth-order valence-corrected chi connectivity index (χ4v) is 5.44. The summed E-state index contributed by atoms with van der Waals surface area (Å²) in [5.74, 6) is 0.901. The molecule has 0 fully saturated rings. The van der Waals surface area contributed by atoms with Gasteiger partial charge in [0.15, 0.2) is 0 Å². The molecule has 3 atom stereocenters. The van der Waals surface area contributed by atoms with Crippen molar-refractivity contribution in [3.8, 4) is 5.75 Å². The van der Waals surface area contributed by atoms with Crippen LogP contribution in [0.15, 0.2) is 84.9 Å². The molecule has 1 unspecified atom stereocenters.